The van der Waals surface area contributed by atoms with Gasteiger partial charge in [0.25, 0.3) is 5.91 Å². The van der Waals surface area contributed by atoms with Gasteiger partial charge < -0.3 is 24.8 Å². The molecular formula is C23H24N4O4. The maximum atomic E-state index is 13.4. The number of rotatable bonds is 3. The van der Waals surface area contributed by atoms with Gasteiger partial charge in [-0.15, -0.1) is 0 Å². The highest BCUT2D eigenvalue weighted by Crippen LogP contribution is 2.38. The first-order chi connectivity index (χ1) is 15.0. The first kappa shape index (κ1) is 19.7. The van der Waals surface area contributed by atoms with Gasteiger partial charge in [0, 0.05) is 18.0 Å². The number of fused-ring (bicyclic) bond motifs is 4. The molecule has 0 saturated carbocycles. The Labute approximate surface area is 179 Å². The van der Waals surface area contributed by atoms with Crippen LogP contribution >= 0.6 is 0 Å². The van der Waals surface area contributed by atoms with E-state index in [1.807, 2.05) is 25.1 Å². The lowest BCUT2D eigenvalue weighted by Gasteiger charge is -2.33. The van der Waals surface area contributed by atoms with E-state index in [-0.39, 0.29) is 18.1 Å². The summed E-state index contributed by atoms with van der Waals surface area (Å²) in [5, 5.41) is 0.852. The summed E-state index contributed by atoms with van der Waals surface area (Å²) >= 11 is 0. The average molecular weight is 420 g/mol. The largest absolute Gasteiger partial charge is 0.497 e. The summed E-state index contributed by atoms with van der Waals surface area (Å²) in [7, 11) is 3.41. The number of benzene rings is 1. The Morgan fingerprint density at radius 2 is 2.13 bits per heavy atom. The fourth-order valence-electron chi connectivity index (χ4n) is 4.46. The van der Waals surface area contributed by atoms with Gasteiger partial charge in [0.15, 0.2) is 0 Å². The lowest BCUT2D eigenvalue weighted by atomic mass is 9.97. The summed E-state index contributed by atoms with van der Waals surface area (Å²) in [4.78, 5) is 23.9. The standard InChI is InChI=1S/C23H24N4O4/c1-12-21-17(10-31-12)16-7-18(25-8-19(16)26-22(21)24)23(28)27(2)20-11-30-9-13-6-14(29-3)4-5-15(13)20/h4-8,12,20H,9-11H2,1-3H3,(H2,24,26)/t12-,20-/m1/s1. The third-order valence-electron chi connectivity index (χ3n) is 6.18. The van der Waals surface area contributed by atoms with Crippen LogP contribution in [-0.4, -0.2) is 41.5 Å². The van der Waals surface area contributed by atoms with Crippen LogP contribution < -0.4 is 10.5 Å². The van der Waals surface area contributed by atoms with Crippen LogP contribution in [0.25, 0.3) is 10.9 Å². The molecule has 5 rings (SSSR count). The quantitative estimate of drug-likeness (QED) is 0.695. The Kier molecular flexibility index (Phi) is 4.75. The van der Waals surface area contributed by atoms with Crippen LogP contribution in [0.4, 0.5) is 5.82 Å². The second-order valence-electron chi connectivity index (χ2n) is 7.94. The summed E-state index contributed by atoms with van der Waals surface area (Å²) in [6.45, 7) is 3.32. The summed E-state index contributed by atoms with van der Waals surface area (Å²) in [6.07, 6.45) is 1.49. The van der Waals surface area contributed by atoms with E-state index in [9.17, 15) is 4.79 Å². The molecule has 160 valence electrons. The Morgan fingerprint density at radius 3 is 2.94 bits per heavy atom. The molecule has 2 aliphatic rings. The third kappa shape index (κ3) is 3.19. The molecule has 1 aromatic carbocycles. The molecule has 8 heteroatoms. The number of anilines is 1. The number of methoxy groups -OCH3 is 1. The summed E-state index contributed by atoms with van der Waals surface area (Å²) in [5.41, 5.74) is 11.1. The number of hydrogen-bond acceptors (Lipinski definition) is 7. The van der Waals surface area contributed by atoms with Crippen molar-refractivity contribution in [3.63, 3.8) is 0 Å². The molecule has 0 unspecified atom stereocenters. The molecule has 4 heterocycles. The first-order valence-electron chi connectivity index (χ1n) is 10.2. The van der Waals surface area contributed by atoms with E-state index < -0.39 is 0 Å². The molecule has 0 saturated heterocycles. The zero-order valence-electron chi connectivity index (χ0n) is 17.7. The number of pyridine rings is 2. The second kappa shape index (κ2) is 7.47. The number of amides is 1. The minimum atomic E-state index is -0.210. The van der Waals surface area contributed by atoms with Gasteiger partial charge in [-0.1, -0.05) is 6.07 Å². The van der Waals surface area contributed by atoms with Crippen molar-refractivity contribution in [1.82, 2.24) is 14.9 Å². The fraction of sp³-hybridized carbons (Fsp3) is 0.348. The highest BCUT2D eigenvalue weighted by molar-refractivity contribution is 5.97. The normalized spacial score (nSPS) is 19.7. The predicted molar refractivity (Wildman–Crippen MR) is 115 cm³/mol. The molecule has 0 spiro atoms. The number of nitrogen functional groups attached to an aromatic ring is 1. The molecule has 2 aliphatic heterocycles. The van der Waals surface area contributed by atoms with Crippen LogP contribution in [0.15, 0.2) is 30.5 Å². The number of carbonyl (C=O) groups excluding carboxylic acids is 1. The molecule has 31 heavy (non-hydrogen) atoms. The predicted octanol–water partition coefficient (Wildman–Crippen LogP) is 3.16. The molecule has 0 bridgehead atoms. The maximum Gasteiger partial charge on any atom is 0.272 e. The Hall–Kier alpha value is -3.23. The molecule has 2 aromatic heterocycles. The zero-order valence-corrected chi connectivity index (χ0v) is 17.7. The number of aromatic nitrogens is 2. The van der Waals surface area contributed by atoms with Crippen LogP contribution in [0, 0.1) is 0 Å². The fourth-order valence-corrected chi connectivity index (χ4v) is 4.46. The number of hydrogen-bond donors (Lipinski definition) is 1. The van der Waals surface area contributed by atoms with Crippen molar-refractivity contribution in [2.45, 2.75) is 32.3 Å². The number of ether oxygens (including phenoxy) is 3. The van der Waals surface area contributed by atoms with Gasteiger partial charge in [-0.2, -0.15) is 0 Å². The Balaban J connectivity index is 1.50. The smallest absolute Gasteiger partial charge is 0.272 e. The van der Waals surface area contributed by atoms with Gasteiger partial charge in [0.2, 0.25) is 0 Å². The third-order valence-corrected chi connectivity index (χ3v) is 6.18. The van der Waals surface area contributed by atoms with Gasteiger partial charge >= 0.3 is 0 Å². The first-order valence-corrected chi connectivity index (χ1v) is 10.2. The molecule has 2 N–H and O–H groups in total. The highest BCUT2D eigenvalue weighted by Gasteiger charge is 2.30. The number of nitrogens with two attached hydrogens (primary N) is 1. The summed E-state index contributed by atoms with van der Waals surface area (Å²) in [5.74, 6) is 1.04. The molecule has 3 aromatic rings. The second-order valence-corrected chi connectivity index (χ2v) is 7.94. The molecule has 1 amide bonds. The van der Waals surface area contributed by atoms with Gasteiger partial charge in [-0.25, -0.2) is 9.97 Å². The SMILES string of the molecule is COc1ccc2c(c1)COC[C@H]2N(C)C(=O)c1cc2c3c(c(N)nc2cn1)[C@@H](C)OC3. The van der Waals surface area contributed by atoms with Gasteiger partial charge in [-0.05, 0) is 41.8 Å². The van der Waals surface area contributed by atoms with E-state index in [0.717, 1.165) is 33.4 Å². The van der Waals surface area contributed by atoms with Crippen molar-refractivity contribution in [2.24, 2.45) is 0 Å². The van der Waals surface area contributed by atoms with Gasteiger partial charge in [0.1, 0.15) is 17.3 Å². The average Bonchev–Trinajstić information content (AvgIpc) is 3.19. The van der Waals surface area contributed by atoms with Crippen LogP contribution in [0.5, 0.6) is 5.75 Å². The summed E-state index contributed by atoms with van der Waals surface area (Å²) < 4.78 is 16.8. The molecular weight excluding hydrogens is 396 g/mol. The number of carbonyl (C=O) groups is 1. The van der Waals surface area contributed by atoms with E-state index in [2.05, 4.69) is 9.97 Å². The van der Waals surface area contributed by atoms with Crippen molar-refractivity contribution >= 4 is 22.6 Å². The molecule has 8 nitrogen and oxygen atoms in total. The maximum absolute atomic E-state index is 13.4. The highest BCUT2D eigenvalue weighted by atomic mass is 16.5. The molecule has 2 atom stereocenters. The minimum Gasteiger partial charge on any atom is -0.497 e. The molecule has 0 fully saturated rings. The van der Waals surface area contributed by atoms with Crippen molar-refractivity contribution < 1.29 is 19.0 Å². The van der Waals surface area contributed by atoms with Crippen molar-refractivity contribution in [1.29, 1.82) is 0 Å². The topological polar surface area (TPSA) is 99.8 Å². The Morgan fingerprint density at radius 1 is 1.29 bits per heavy atom. The van der Waals surface area contributed by atoms with E-state index in [1.165, 1.54) is 0 Å². The lowest BCUT2D eigenvalue weighted by molar-refractivity contribution is 0.0342. The van der Waals surface area contributed by atoms with E-state index >= 15 is 0 Å². The van der Waals surface area contributed by atoms with Crippen molar-refractivity contribution in [2.75, 3.05) is 26.5 Å². The number of likely N-dealkylation sites (N-methyl/N-ethyl adjacent to an activating group) is 1. The van der Waals surface area contributed by atoms with Crippen LogP contribution in [0.3, 0.4) is 0 Å². The lowest BCUT2D eigenvalue weighted by Crippen LogP contribution is -2.36. The number of nitrogens with zero attached hydrogens (tertiary/aromatic N) is 3. The van der Waals surface area contributed by atoms with E-state index in [1.54, 1.807) is 31.3 Å². The van der Waals surface area contributed by atoms with E-state index in [4.69, 9.17) is 19.9 Å². The van der Waals surface area contributed by atoms with Gasteiger partial charge in [-0.3, -0.25) is 4.79 Å². The van der Waals surface area contributed by atoms with Crippen LogP contribution in [0.2, 0.25) is 0 Å². The molecule has 0 radical (unpaired) electrons. The Bertz CT molecular complexity index is 1200. The zero-order chi connectivity index (χ0) is 21.7. The van der Waals surface area contributed by atoms with E-state index in [0.29, 0.717) is 36.8 Å². The van der Waals surface area contributed by atoms with Gasteiger partial charge in [0.05, 0.1) is 50.8 Å². The monoisotopic (exact) mass is 420 g/mol. The van der Waals surface area contributed by atoms with Crippen LogP contribution in [-0.2, 0) is 22.7 Å². The summed E-state index contributed by atoms with van der Waals surface area (Å²) in [6, 6.07) is 7.44. The van der Waals surface area contributed by atoms with Crippen molar-refractivity contribution in [3.05, 3.63) is 58.4 Å². The molecule has 0 aliphatic carbocycles. The minimum absolute atomic E-state index is 0.116. The van der Waals surface area contributed by atoms with Crippen molar-refractivity contribution in [3.8, 4) is 5.75 Å². The van der Waals surface area contributed by atoms with Crippen LogP contribution in [0.1, 0.15) is 51.8 Å².